The lowest BCUT2D eigenvalue weighted by Gasteiger charge is -2.10. The van der Waals surface area contributed by atoms with Crippen molar-refractivity contribution in [2.24, 2.45) is 0 Å². The van der Waals surface area contributed by atoms with Crippen LogP contribution in [0.1, 0.15) is 11.1 Å². The fourth-order valence-corrected chi connectivity index (χ4v) is 3.25. The lowest BCUT2D eigenvalue weighted by atomic mass is 10.0. The number of rotatable bonds is 4. The van der Waals surface area contributed by atoms with Crippen LogP contribution in [0.5, 0.6) is 0 Å². The molecule has 0 atom stereocenters. The number of nitrogens with zero attached hydrogens (tertiary/aromatic N) is 4. The Kier molecular flexibility index (Phi) is 5.36. The molecular formula is C21H14ClF4N5. The Balaban J connectivity index is 1.69. The first-order valence-corrected chi connectivity index (χ1v) is 9.36. The van der Waals surface area contributed by atoms with Gasteiger partial charge in [-0.2, -0.15) is 17.6 Å². The first kappa shape index (κ1) is 20.8. The van der Waals surface area contributed by atoms with Crippen LogP contribution in [-0.4, -0.2) is 19.7 Å². The molecule has 0 aliphatic carbocycles. The summed E-state index contributed by atoms with van der Waals surface area (Å²) in [5, 5.41) is 4.36. The van der Waals surface area contributed by atoms with Crippen molar-refractivity contribution in [3.63, 3.8) is 0 Å². The molecule has 2 aromatic heterocycles. The number of aromatic nitrogens is 4. The zero-order valence-electron chi connectivity index (χ0n) is 15.7. The number of anilines is 1. The van der Waals surface area contributed by atoms with E-state index in [-0.39, 0.29) is 23.6 Å². The van der Waals surface area contributed by atoms with Crippen molar-refractivity contribution in [2.75, 3.05) is 5.73 Å². The quantitative estimate of drug-likeness (QED) is 0.422. The Bertz CT molecular complexity index is 1220. The van der Waals surface area contributed by atoms with Gasteiger partial charge in [-0.1, -0.05) is 35.9 Å². The molecule has 4 rings (SSSR count). The van der Waals surface area contributed by atoms with E-state index in [9.17, 15) is 17.6 Å². The first-order valence-electron chi connectivity index (χ1n) is 8.98. The Morgan fingerprint density at radius 2 is 1.65 bits per heavy atom. The average Bonchev–Trinajstić information content (AvgIpc) is 3.08. The molecule has 0 saturated carbocycles. The Morgan fingerprint density at radius 1 is 0.968 bits per heavy atom. The molecule has 0 saturated heterocycles. The summed E-state index contributed by atoms with van der Waals surface area (Å²) in [6.07, 6.45) is -1.78. The van der Waals surface area contributed by atoms with E-state index >= 15 is 0 Å². The van der Waals surface area contributed by atoms with E-state index in [2.05, 4.69) is 15.1 Å². The van der Waals surface area contributed by atoms with Crippen LogP contribution in [0.4, 0.5) is 23.4 Å². The molecule has 31 heavy (non-hydrogen) atoms. The highest BCUT2D eigenvalue weighted by Gasteiger charge is 2.30. The molecule has 2 heterocycles. The van der Waals surface area contributed by atoms with Crippen molar-refractivity contribution in [3.8, 4) is 22.4 Å². The zero-order valence-corrected chi connectivity index (χ0v) is 16.5. The monoisotopic (exact) mass is 447 g/mol. The third-order valence-corrected chi connectivity index (χ3v) is 4.86. The molecule has 0 aliphatic heterocycles. The van der Waals surface area contributed by atoms with Crippen molar-refractivity contribution in [3.05, 3.63) is 83.2 Å². The van der Waals surface area contributed by atoms with Crippen LogP contribution >= 0.6 is 11.6 Å². The molecule has 2 aromatic carbocycles. The maximum absolute atomic E-state index is 14.7. The van der Waals surface area contributed by atoms with Crippen molar-refractivity contribution in [1.29, 1.82) is 0 Å². The largest absolute Gasteiger partial charge is 0.416 e. The van der Waals surface area contributed by atoms with Gasteiger partial charge in [-0.05, 0) is 35.4 Å². The SMILES string of the molecule is Nc1ncnc(-c2cn(Cc3ccc(C(F)(F)F)cc3)nc2F)c1-c1ccc(Cl)cc1. The molecule has 158 valence electrons. The molecule has 0 bridgehead atoms. The maximum atomic E-state index is 14.7. The Morgan fingerprint density at radius 3 is 2.29 bits per heavy atom. The Hall–Kier alpha value is -3.46. The molecule has 0 unspecified atom stereocenters. The number of nitrogens with two attached hydrogens (primary N) is 1. The molecule has 0 fully saturated rings. The van der Waals surface area contributed by atoms with E-state index in [4.69, 9.17) is 17.3 Å². The van der Waals surface area contributed by atoms with Crippen molar-refractivity contribution in [1.82, 2.24) is 19.7 Å². The number of halogens is 5. The summed E-state index contributed by atoms with van der Waals surface area (Å²) in [6, 6.07) is 11.3. The van der Waals surface area contributed by atoms with E-state index in [1.807, 2.05) is 0 Å². The topological polar surface area (TPSA) is 69.6 Å². The zero-order chi connectivity index (χ0) is 22.2. The molecule has 5 nitrogen and oxygen atoms in total. The molecule has 0 aliphatic rings. The van der Waals surface area contributed by atoms with Crippen LogP contribution < -0.4 is 5.73 Å². The van der Waals surface area contributed by atoms with Gasteiger partial charge in [-0.15, -0.1) is 5.10 Å². The molecule has 0 amide bonds. The second-order valence-corrected chi connectivity index (χ2v) is 7.15. The minimum atomic E-state index is -4.42. The van der Waals surface area contributed by atoms with Gasteiger partial charge in [-0.3, -0.25) is 4.68 Å². The van der Waals surface area contributed by atoms with Crippen LogP contribution in [0.15, 0.2) is 61.1 Å². The number of nitrogen functional groups attached to an aromatic ring is 1. The predicted molar refractivity (Wildman–Crippen MR) is 109 cm³/mol. The van der Waals surface area contributed by atoms with Gasteiger partial charge in [0.25, 0.3) is 0 Å². The summed E-state index contributed by atoms with van der Waals surface area (Å²) in [4.78, 5) is 8.17. The van der Waals surface area contributed by atoms with Crippen LogP contribution in [0.25, 0.3) is 22.4 Å². The van der Waals surface area contributed by atoms with Gasteiger partial charge < -0.3 is 5.73 Å². The van der Waals surface area contributed by atoms with Crippen molar-refractivity contribution < 1.29 is 17.6 Å². The van der Waals surface area contributed by atoms with Crippen LogP contribution in [0, 0.1) is 5.95 Å². The third kappa shape index (κ3) is 4.36. The van der Waals surface area contributed by atoms with Crippen LogP contribution in [0.3, 0.4) is 0 Å². The highest BCUT2D eigenvalue weighted by atomic mass is 35.5. The highest BCUT2D eigenvalue weighted by Crippen LogP contribution is 2.35. The number of hydrogen-bond acceptors (Lipinski definition) is 4. The molecular weight excluding hydrogens is 434 g/mol. The summed E-state index contributed by atoms with van der Waals surface area (Å²) < 4.78 is 54.2. The normalized spacial score (nSPS) is 11.6. The Labute approximate surface area is 179 Å². The summed E-state index contributed by atoms with van der Waals surface area (Å²) >= 11 is 5.94. The minimum Gasteiger partial charge on any atom is -0.383 e. The molecule has 0 radical (unpaired) electrons. The fraction of sp³-hybridized carbons (Fsp3) is 0.0952. The number of benzene rings is 2. The second-order valence-electron chi connectivity index (χ2n) is 6.72. The second kappa shape index (κ2) is 7.99. The predicted octanol–water partition coefficient (Wildman–Crippen LogP) is 5.45. The van der Waals surface area contributed by atoms with E-state index in [1.165, 1.54) is 29.3 Å². The summed E-state index contributed by atoms with van der Waals surface area (Å²) in [6.45, 7) is 0.0753. The molecule has 10 heteroatoms. The van der Waals surface area contributed by atoms with E-state index in [0.717, 1.165) is 12.1 Å². The molecule has 0 spiro atoms. The first-order chi connectivity index (χ1) is 14.7. The van der Waals surface area contributed by atoms with Gasteiger partial charge in [0.05, 0.1) is 28.9 Å². The fourth-order valence-electron chi connectivity index (χ4n) is 3.13. The maximum Gasteiger partial charge on any atom is 0.416 e. The van der Waals surface area contributed by atoms with Gasteiger partial charge in [0.15, 0.2) is 0 Å². The van der Waals surface area contributed by atoms with E-state index < -0.39 is 17.7 Å². The van der Waals surface area contributed by atoms with Gasteiger partial charge in [0, 0.05) is 11.2 Å². The third-order valence-electron chi connectivity index (χ3n) is 4.61. The molecule has 2 N–H and O–H groups in total. The van der Waals surface area contributed by atoms with E-state index in [0.29, 0.717) is 21.7 Å². The lowest BCUT2D eigenvalue weighted by molar-refractivity contribution is -0.137. The van der Waals surface area contributed by atoms with E-state index in [1.54, 1.807) is 24.3 Å². The van der Waals surface area contributed by atoms with Crippen LogP contribution in [0.2, 0.25) is 5.02 Å². The van der Waals surface area contributed by atoms with Gasteiger partial charge >= 0.3 is 6.18 Å². The van der Waals surface area contributed by atoms with Crippen molar-refractivity contribution in [2.45, 2.75) is 12.7 Å². The van der Waals surface area contributed by atoms with Crippen LogP contribution in [-0.2, 0) is 12.7 Å². The van der Waals surface area contributed by atoms with Gasteiger partial charge in [0.1, 0.15) is 12.1 Å². The highest BCUT2D eigenvalue weighted by molar-refractivity contribution is 6.30. The average molecular weight is 448 g/mol. The lowest BCUT2D eigenvalue weighted by Crippen LogP contribution is -2.06. The molecule has 4 aromatic rings. The van der Waals surface area contributed by atoms with Crippen molar-refractivity contribution >= 4 is 17.4 Å². The minimum absolute atomic E-state index is 0.0753. The summed E-state index contributed by atoms with van der Waals surface area (Å²) in [5.41, 5.74) is 7.21. The number of hydrogen-bond donors (Lipinski definition) is 1. The summed E-state index contributed by atoms with van der Waals surface area (Å²) in [7, 11) is 0. The number of alkyl halides is 3. The van der Waals surface area contributed by atoms with Gasteiger partial charge in [-0.25, -0.2) is 9.97 Å². The standard InChI is InChI=1S/C21H14ClF4N5/c22-15-7-3-13(4-8-15)17-18(28-11-29-20(17)27)16-10-31(30-19(16)23)9-12-1-5-14(6-2-12)21(24,25)26/h1-8,10-11H,9H2,(H2,27,28,29). The summed E-state index contributed by atoms with van der Waals surface area (Å²) in [5.74, 6) is -0.637. The van der Waals surface area contributed by atoms with Gasteiger partial charge in [0.2, 0.25) is 5.95 Å². The smallest absolute Gasteiger partial charge is 0.383 e.